The van der Waals surface area contributed by atoms with E-state index in [0.717, 1.165) is 0 Å². The molecule has 1 aliphatic rings. The van der Waals surface area contributed by atoms with Crippen molar-refractivity contribution in [1.82, 2.24) is 10.2 Å². The van der Waals surface area contributed by atoms with Crippen molar-refractivity contribution < 1.29 is 19.5 Å². The Morgan fingerprint density at radius 2 is 1.96 bits per heavy atom. The molecule has 0 aromatic rings. The van der Waals surface area contributed by atoms with Crippen molar-refractivity contribution in [2.75, 3.05) is 13.1 Å². The van der Waals surface area contributed by atoms with Crippen LogP contribution in [0.5, 0.6) is 0 Å². The molecule has 1 heterocycles. The number of nitrogens with one attached hydrogen (secondary N) is 1. The molecule has 1 aliphatic heterocycles. The first-order valence-corrected chi connectivity index (χ1v) is 9.28. The molecular weight excluding hydrogens is 352 g/mol. The lowest BCUT2D eigenvalue weighted by Crippen LogP contribution is -2.54. The van der Waals surface area contributed by atoms with Crippen LogP contribution in [0.2, 0.25) is 0 Å². The van der Waals surface area contributed by atoms with Crippen LogP contribution in [0.1, 0.15) is 46.0 Å². The molecule has 0 radical (unpaired) electrons. The van der Waals surface area contributed by atoms with E-state index in [9.17, 15) is 19.5 Å². The largest absolute Gasteiger partial charge is 0.480 e. The van der Waals surface area contributed by atoms with Gasteiger partial charge in [-0.15, -0.1) is 0 Å². The number of guanidine groups is 1. The van der Waals surface area contributed by atoms with Crippen LogP contribution in [0.3, 0.4) is 0 Å². The van der Waals surface area contributed by atoms with E-state index < -0.39 is 30.0 Å². The highest BCUT2D eigenvalue weighted by atomic mass is 16.4. The van der Waals surface area contributed by atoms with E-state index in [4.69, 9.17) is 17.2 Å². The number of carboxylic acid groups (broad SMARTS) is 1. The van der Waals surface area contributed by atoms with Gasteiger partial charge in [0.05, 0.1) is 6.04 Å². The van der Waals surface area contributed by atoms with Gasteiger partial charge >= 0.3 is 5.97 Å². The molecule has 10 nitrogen and oxygen atoms in total. The highest BCUT2D eigenvalue weighted by Gasteiger charge is 2.38. The molecule has 3 unspecified atom stereocenters. The van der Waals surface area contributed by atoms with Gasteiger partial charge in [0, 0.05) is 13.1 Å². The van der Waals surface area contributed by atoms with Crippen molar-refractivity contribution in [2.45, 2.75) is 64.1 Å². The lowest BCUT2D eigenvalue weighted by atomic mass is 10.0. The van der Waals surface area contributed by atoms with E-state index in [1.54, 1.807) is 0 Å². The van der Waals surface area contributed by atoms with E-state index in [1.165, 1.54) is 4.90 Å². The molecule has 0 bridgehead atoms. The fourth-order valence-corrected chi connectivity index (χ4v) is 3.11. The molecule has 154 valence electrons. The second kappa shape index (κ2) is 10.7. The molecule has 0 spiro atoms. The maximum Gasteiger partial charge on any atom is 0.326 e. The topological polar surface area (TPSA) is 177 Å². The van der Waals surface area contributed by atoms with Crippen LogP contribution < -0.4 is 22.5 Å². The van der Waals surface area contributed by atoms with Gasteiger partial charge in [-0.1, -0.05) is 13.8 Å². The molecule has 0 aromatic heterocycles. The molecule has 0 saturated carbocycles. The molecule has 1 fully saturated rings. The van der Waals surface area contributed by atoms with Crippen molar-refractivity contribution in [3.05, 3.63) is 0 Å². The number of likely N-dealkylation sites (tertiary alicyclic amines) is 1. The predicted octanol–water partition coefficient (Wildman–Crippen LogP) is -1.03. The summed E-state index contributed by atoms with van der Waals surface area (Å²) in [5.41, 5.74) is 16.4. The van der Waals surface area contributed by atoms with Gasteiger partial charge in [0.1, 0.15) is 12.1 Å². The Bertz CT molecular complexity index is 562. The smallest absolute Gasteiger partial charge is 0.326 e. The third kappa shape index (κ3) is 7.41. The number of rotatable bonds is 10. The average molecular weight is 384 g/mol. The number of hydrogen-bond donors (Lipinski definition) is 5. The summed E-state index contributed by atoms with van der Waals surface area (Å²) in [5, 5.41) is 12.0. The Morgan fingerprint density at radius 3 is 2.52 bits per heavy atom. The quantitative estimate of drug-likeness (QED) is 0.182. The molecule has 2 amide bonds. The molecule has 3 atom stereocenters. The fraction of sp³-hybridized carbons (Fsp3) is 0.765. The van der Waals surface area contributed by atoms with Crippen LogP contribution in [0.25, 0.3) is 0 Å². The molecule has 1 saturated heterocycles. The minimum Gasteiger partial charge on any atom is -0.480 e. The van der Waals surface area contributed by atoms with Crippen LogP contribution in [0, 0.1) is 5.92 Å². The van der Waals surface area contributed by atoms with E-state index in [-0.39, 0.29) is 17.8 Å². The zero-order valence-corrected chi connectivity index (χ0v) is 16.1. The third-order valence-electron chi connectivity index (χ3n) is 4.45. The minimum atomic E-state index is -1.02. The number of carboxylic acids is 1. The summed E-state index contributed by atoms with van der Waals surface area (Å²) in [5.74, 6) is -1.70. The highest BCUT2D eigenvalue weighted by molar-refractivity contribution is 5.92. The highest BCUT2D eigenvalue weighted by Crippen LogP contribution is 2.20. The molecule has 8 N–H and O–H groups in total. The number of aliphatic imine (C=N–C) groups is 1. The molecule has 0 aromatic carbocycles. The summed E-state index contributed by atoms with van der Waals surface area (Å²) in [7, 11) is 0. The summed E-state index contributed by atoms with van der Waals surface area (Å²) >= 11 is 0. The van der Waals surface area contributed by atoms with E-state index >= 15 is 0 Å². The summed E-state index contributed by atoms with van der Waals surface area (Å²) in [6.45, 7) is 4.61. The normalized spacial score (nSPS) is 18.8. The first kappa shape index (κ1) is 22.7. The zero-order chi connectivity index (χ0) is 20.6. The summed E-state index contributed by atoms with van der Waals surface area (Å²) in [4.78, 5) is 41.8. The summed E-state index contributed by atoms with van der Waals surface area (Å²) < 4.78 is 0. The van der Waals surface area contributed by atoms with Crippen LogP contribution in [-0.4, -0.2) is 65.0 Å². The van der Waals surface area contributed by atoms with Crippen molar-refractivity contribution in [3.8, 4) is 0 Å². The number of aliphatic carboxylic acids is 1. The fourth-order valence-electron chi connectivity index (χ4n) is 3.11. The van der Waals surface area contributed by atoms with Gasteiger partial charge in [-0.3, -0.25) is 14.6 Å². The second-order valence-corrected chi connectivity index (χ2v) is 7.27. The Kier molecular flexibility index (Phi) is 8.99. The lowest BCUT2D eigenvalue weighted by Gasteiger charge is -2.29. The predicted molar refractivity (Wildman–Crippen MR) is 102 cm³/mol. The van der Waals surface area contributed by atoms with Crippen molar-refractivity contribution in [3.63, 3.8) is 0 Å². The Balaban J connectivity index is 2.70. The molecule has 1 rings (SSSR count). The number of carbonyl (C=O) groups is 3. The van der Waals surface area contributed by atoms with Gasteiger partial charge in [0.25, 0.3) is 0 Å². The Hall–Kier alpha value is -2.36. The SMILES string of the molecule is CC(C)CC(NC(=O)C(N)CCCN=C(N)N)C(=O)N1CCCC1C(=O)O. The van der Waals surface area contributed by atoms with E-state index in [2.05, 4.69) is 10.3 Å². The second-order valence-electron chi connectivity index (χ2n) is 7.27. The van der Waals surface area contributed by atoms with Crippen molar-refractivity contribution in [2.24, 2.45) is 28.1 Å². The average Bonchev–Trinajstić information content (AvgIpc) is 3.06. The molecule has 27 heavy (non-hydrogen) atoms. The zero-order valence-electron chi connectivity index (χ0n) is 16.1. The van der Waals surface area contributed by atoms with Crippen LogP contribution >= 0.6 is 0 Å². The van der Waals surface area contributed by atoms with Gasteiger partial charge in [0.2, 0.25) is 11.8 Å². The molecular formula is C17H32N6O4. The number of amides is 2. The van der Waals surface area contributed by atoms with E-state index in [0.29, 0.717) is 45.2 Å². The first-order valence-electron chi connectivity index (χ1n) is 9.28. The van der Waals surface area contributed by atoms with Gasteiger partial charge in [-0.2, -0.15) is 0 Å². The summed E-state index contributed by atoms with van der Waals surface area (Å²) in [6.07, 6.45) is 2.37. The van der Waals surface area contributed by atoms with Crippen molar-refractivity contribution in [1.29, 1.82) is 0 Å². The number of nitrogens with two attached hydrogens (primary N) is 3. The van der Waals surface area contributed by atoms with Crippen LogP contribution in [0.15, 0.2) is 4.99 Å². The standard InChI is InChI=1S/C17H32N6O4/c1-10(2)9-12(15(25)23-8-4-6-13(23)16(26)27)22-14(24)11(18)5-3-7-21-17(19)20/h10-13H,3-9,18H2,1-2H3,(H,22,24)(H,26,27)(H4,19,20,21). The maximum atomic E-state index is 12.9. The summed E-state index contributed by atoms with van der Waals surface area (Å²) in [6, 6.07) is -2.42. The third-order valence-corrected chi connectivity index (χ3v) is 4.45. The van der Waals surface area contributed by atoms with Gasteiger partial charge in [-0.25, -0.2) is 4.79 Å². The Labute approximate surface area is 159 Å². The van der Waals surface area contributed by atoms with Gasteiger partial charge < -0.3 is 32.5 Å². The molecule has 10 heteroatoms. The lowest BCUT2D eigenvalue weighted by molar-refractivity contribution is -0.149. The molecule has 0 aliphatic carbocycles. The minimum absolute atomic E-state index is 0.0192. The Morgan fingerprint density at radius 1 is 1.30 bits per heavy atom. The number of hydrogen-bond acceptors (Lipinski definition) is 5. The van der Waals surface area contributed by atoms with Gasteiger partial charge in [0.15, 0.2) is 5.96 Å². The number of nitrogens with zero attached hydrogens (tertiary/aromatic N) is 2. The maximum absolute atomic E-state index is 12.9. The van der Waals surface area contributed by atoms with E-state index in [1.807, 2.05) is 13.8 Å². The van der Waals surface area contributed by atoms with Gasteiger partial charge in [-0.05, 0) is 38.0 Å². The van der Waals surface area contributed by atoms with Crippen molar-refractivity contribution >= 4 is 23.7 Å². The first-order chi connectivity index (χ1) is 12.6. The van der Waals surface area contributed by atoms with Crippen LogP contribution in [0.4, 0.5) is 0 Å². The number of carbonyl (C=O) groups excluding carboxylic acids is 2. The monoisotopic (exact) mass is 384 g/mol. The van der Waals surface area contributed by atoms with Crippen LogP contribution in [-0.2, 0) is 14.4 Å².